The molecule has 1 atom stereocenters. The normalized spacial score (nSPS) is 39.8. The van der Waals surface area contributed by atoms with E-state index in [1.807, 2.05) is 0 Å². The Morgan fingerprint density at radius 1 is 1.44 bits per heavy atom. The van der Waals surface area contributed by atoms with Gasteiger partial charge in [0.2, 0.25) is 0 Å². The van der Waals surface area contributed by atoms with Crippen LogP contribution in [0.4, 0.5) is 0 Å². The lowest BCUT2D eigenvalue weighted by molar-refractivity contribution is -0.0264. The van der Waals surface area contributed by atoms with Crippen molar-refractivity contribution in [3.63, 3.8) is 0 Å². The number of rotatable bonds is 4. The molecule has 3 nitrogen and oxygen atoms in total. The Morgan fingerprint density at radius 2 is 2.19 bits per heavy atom. The van der Waals surface area contributed by atoms with Crippen LogP contribution in [0.15, 0.2) is 0 Å². The van der Waals surface area contributed by atoms with E-state index in [1.165, 1.54) is 25.7 Å². The van der Waals surface area contributed by atoms with Crippen LogP contribution in [-0.2, 0) is 4.74 Å². The third-order valence-electron chi connectivity index (χ3n) is 4.43. The van der Waals surface area contributed by atoms with Crippen molar-refractivity contribution in [2.24, 2.45) is 17.6 Å². The van der Waals surface area contributed by atoms with E-state index >= 15 is 0 Å². The largest absolute Gasteiger partial charge is 0.381 e. The second-order valence-electron chi connectivity index (χ2n) is 5.91. The van der Waals surface area contributed by atoms with E-state index < -0.39 is 0 Å². The Hall–Kier alpha value is -0.120. The van der Waals surface area contributed by atoms with E-state index in [-0.39, 0.29) is 0 Å². The molecule has 2 fully saturated rings. The first-order chi connectivity index (χ1) is 7.66. The minimum absolute atomic E-state index is 0.302. The summed E-state index contributed by atoms with van der Waals surface area (Å²) in [6.45, 7) is 6.19. The predicted octanol–water partition coefficient (Wildman–Crippen LogP) is 1.47. The molecule has 0 bridgehead atoms. The molecule has 1 unspecified atom stereocenters. The average Bonchev–Trinajstić information content (AvgIpc) is 2.25. The summed E-state index contributed by atoms with van der Waals surface area (Å²) >= 11 is 0. The van der Waals surface area contributed by atoms with E-state index in [1.54, 1.807) is 0 Å². The van der Waals surface area contributed by atoms with Crippen LogP contribution in [0.2, 0.25) is 0 Å². The zero-order chi connectivity index (χ0) is 11.6. The molecule has 3 heteroatoms. The van der Waals surface area contributed by atoms with E-state index in [0.29, 0.717) is 5.54 Å². The van der Waals surface area contributed by atoms with Crippen LogP contribution in [0.25, 0.3) is 0 Å². The van der Waals surface area contributed by atoms with Gasteiger partial charge in [0.05, 0.1) is 6.61 Å². The van der Waals surface area contributed by atoms with Gasteiger partial charge >= 0.3 is 0 Å². The average molecular weight is 226 g/mol. The van der Waals surface area contributed by atoms with Gasteiger partial charge in [0.15, 0.2) is 0 Å². The van der Waals surface area contributed by atoms with Crippen LogP contribution in [0.3, 0.4) is 0 Å². The Labute approximate surface area is 99.3 Å². The molecule has 1 saturated heterocycles. The highest BCUT2D eigenvalue weighted by molar-refractivity contribution is 5.01. The maximum Gasteiger partial charge on any atom is 0.0506 e. The van der Waals surface area contributed by atoms with Gasteiger partial charge in [-0.15, -0.1) is 0 Å². The fourth-order valence-electron chi connectivity index (χ4n) is 3.40. The first-order valence-corrected chi connectivity index (χ1v) is 6.65. The SMILES string of the molecule is CC1CC(CN)(N(C)CC2CCCOC2)C1. The van der Waals surface area contributed by atoms with Crippen LogP contribution in [0.5, 0.6) is 0 Å². The van der Waals surface area contributed by atoms with Crippen molar-refractivity contribution in [2.45, 2.75) is 38.1 Å². The molecular formula is C13H26N2O. The number of nitrogens with zero attached hydrogens (tertiary/aromatic N) is 1. The molecule has 1 heterocycles. The molecule has 2 rings (SSSR count). The fourth-order valence-corrected chi connectivity index (χ4v) is 3.40. The number of hydrogen-bond acceptors (Lipinski definition) is 3. The molecule has 0 aromatic carbocycles. The van der Waals surface area contributed by atoms with Gasteiger partial charge in [-0.1, -0.05) is 6.92 Å². The zero-order valence-corrected chi connectivity index (χ0v) is 10.7. The minimum Gasteiger partial charge on any atom is -0.381 e. The Kier molecular flexibility index (Phi) is 3.88. The van der Waals surface area contributed by atoms with Crippen LogP contribution in [0.1, 0.15) is 32.6 Å². The summed E-state index contributed by atoms with van der Waals surface area (Å²) in [5, 5.41) is 0. The smallest absolute Gasteiger partial charge is 0.0506 e. The summed E-state index contributed by atoms with van der Waals surface area (Å²) in [5.74, 6) is 1.58. The standard InChI is InChI=1S/C13H26N2O/c1-11-6-13(7-11,10-14)15(2)8-12-4-3-5-16-9-12/h11-12H,3-10,14H2,1-2H3. The lowest BCUT2D eigenvalue weighted by atomic mass is 9.68. The maximum absolute atomic E-state index is 5.96. The van der Waals surface area contributed by atoms with Gasteiger partial charge in [-0.05, 0) is 44.6 Å². The molecule has 94 valence electrons. The third kappa shape index (κ3) is 2.41. The van der Waals surface area contributed by atoms with Crippen molar-refractivity contribution in [1.29, 1.82) is 0 Å². The molecule has 0 spiro atoms. The molecule has 0 aromatic rings. The Bertz CT molecular complexity index is 220. The molecule has 2 N–H and O–H groups in total. The monoisotopic (exact) mass is 226 g/mol. The number of hydrogen-bond donors (Lipinski definition) is 1. The van der Waals surface area contributed by atoms with Crippen LogP contribution >= 0.6 is 0 Å². The molecule has 0 amide bonds. The van der Waals surface area contributed by atoms with Crippen molar-refractivity contribution in [2.75, 3.05) is 33.4 Å². The van der Waals surface area contributed by atoms with E-state index in [9.17, 15) is 0 Å². The van der Waals surface area contributed by atoms with Crippen LogP contribution < -0.4 is 5.73 Å². The van der Waals surface area contributed by atoms with Gasteiger partial charge in [-0.25, -0.2) is 0 Å². The molecule has 1 aliphatic carbocycles. The molecule has 1 aliphatic heterocycles. The van der Waals surface area contributed by atoms with E-state index in [4.69, 9.17) is 10.5 Å². The quantitative estimate of drug-likeness (QED) is 0.789. The molecule has 16 heavy (non-hydrogen) atoms. The summed E-state index contributed by atoms with van der Waals surface area (Å²) in [6.07, 6.45) is 5.09. The van der Waals surface area contributed by atoms with Crippen molar-refractivity contribution in [3.8, 4) is 0 Å². The molecule has 1 saturated carbocycles. The summed E-state index contributed by atoms with van der Waals surface area (Å²) < 4.78 is 5.54. The zero-order valence-electron chi connectivity index (χ0n) is 10.7. The lowest BCUT2D eigenvalue weighted by Crippen LogP contribution is -2.61. The first kappa shape index (κ1) is 12.3. The summed E-state index contributed by atoms with van der Waals surface area (Å²) in [5.41, 5.74) is 6.27. The van der Waals surface area contributed by atoms with E-state index in [2.05, 4.69) is 18.9 Å². The second-order valence-corrected chi connectivity index (χ2v) is 5.91. The van der Waals surface area contributed by atoms with Gasteiger partial charge in [-0.2, -0.15) is 0 Å². The number of likely N-dealkylation sites (N-methyl/N-ethyl adjacent to an activating group) is 1. The Balaban J connectivity index is 1.83. The van der Waals surface area contributed by atoms with Gasteiger partial charge in [0.25, 0.3) is 0 Å². The maximum atomic E-state index is 5.96. The first-order valence-electron chi connectivity index (χ1n) is 6.65. The minimum atomic E-state index is 0.302. The molecule has 2 aliphatic rings. The summed E-state index contributed by atoms with van der Waals surface area (Å²) in [6, 6.07) is 0. The van der Waals surface area contributed by atoms with Gasteiger partial charge < -0.3 is 10.5 Å². The fraction of sp³-hybridized carbons (Fsp3) is 1.00. The van der Waals surface area contributed by atoms with Gasteiger partial charge in [0, 0.05) is 25.2 Å². The van der Waals surface area contributed by atoms with Gasteiger partial charge in [0.1, 0.15) is 0 Å². The summed E-state index contributed by atoms with van der Waals surface area (Å²) in [4.78, 5) is 2.51. The number of ether oxygens (including phenoxy) is 1. The number of nitrogens with two attached hydrogens (primary N) is 1. The highest BCUT2D eigenvalue weighted by Crippen LogP contribution is 2.41. The highest BCUT2D eigenvalue weighted by Gasteiger charge is 2.44. The van der Waals surface area contributed by atoms with Crippen LogP contribution in [-0.4, -0.2) is 43.8 Å². The van der Waals surface area contributed by atoms with Crippen molar-refractivity contribution < 1.29 is 4.74 Å². The van der Waals surface area contributed by atoms with Crippen molar-refractivity contribution in [1.82, 2.24) is 4.90 Å². The van der Waals surface area contributed by atoms with Gasteiger partial charge in [-0.3, -0.25) is 4.90 Å². The lowest BCUT2D eigenvalue weighted by Gasteiger charge is -2.53. The highest BCUT2D eigenvalue weighted by atomic mass is 16.5. The molecule has 0 aromatic heterocycles. The Morgan fingerprint density at radius 3 is 2.69 bits per heavy atom. The summed E-state index contributed by atoms with van der Waals surface area (Å²) in [7, 11) is 2.24. The second kappa shape index (κ2) is 5.03. The van der Waals surface area contributed by atoms with E-state index in [0.717, 1.165) is 38.1 Å². The third-order valence-corrected chi connectivity index (χ3v) is 4.43. The predicted molar refractivity (Wildman–Crippen MR) is 66.4 cm³/mol. The molecular weight excluding hydrogens is 200 g/mol. The van der Waals surface area contributed by atoms with Crippen molar-refractivity contribution >= 4 is 0 Å². The van der Waals surface area contributed by atoms with Crippen molar-refractivity contribution in [3.05, 3.63) is 0 Å². The topological polar surface area (TPSA) is 38.5 Å². The molecule has 0 radical (unpaired) electrons. The van der Waals surface area contributed by atoms with Crippen LogP contribution in [0, 0.1) is 11.8 Å².